The molecule has 0 aliphatic rings. The summed E-state index contributed by atoms with van der Waals surface area (Å²) in [7, 11) is 1.49. The molecular weight excluding hydrogens is 386 g/mol. The summed E-state index contributed by atoms with van der Waals surface area (Å²) < 4.78 is 57.3. The molecule has 0 bridgehead atoms. The number of aromatic nitrogens is 2. The lowest BCUT2D eigenvalue weighted by Gasteiger charge is -2.13. The fourth-order valence-electron chi connectivity index (χ4n) is 2.14. The van der Waals surface area contributed by atoms with Crippen molar-refractivity contribution < 1.29 is 27.1 Å². The van der Waals surface area contributed by atoms with Crippen LogP contribution in [0.4, 0.5) is 17.6 Å². The van der Waals surface area contributed by atoms with Crippen molar-refractivity contribution >= 4 is 17.7 Å². The Balaban J connectivity index is 2.21. The van der Waals surface area contributed by atoms with Crippen molar-refractivity contribution in [3.05, 3.63) is 41.8 Å². The van der Waals surface area contributed by atoms with Crippen molar-refractivity contribution in [1.82, 2.24) is 15.3 Å². The van der Waals surface area contributed by atoms with Gasteiger partial charge in [-0.25, -0.2) is 14.4 Å². The zero-order valence-corrected chi connectivity index (χ0v) is 15.3. The zero-order valence-electron chi connectivity index (χ0n) is 14.5. The van der Waals surface area contributed by atoms with E-state index in [1.807, 2.05) is 0 Å². The monoisotopic (exact) mass is 403 g/mol. The Hall–Kier alpha value is -2.20. The Bertz CT molecular complexity index is 785. The third-order valence-corrected chi connectivity index (χ3v) is 4.14. The number of nitrogens with one attached hydrogen (secondary N) is 1. The van der Waals surface area contributed by atoms with Gasteiger partial charge in [-0.2, -0.15) is 13.2 Å². The van der Waals surface area contributed by atoms with E-state index in [-0.39, 0.29) is 28.6 Å². The van der Waals surface area contributed by atoms with E-state index in [1.165, 1.54) is 19.2 Å². The van der Waals surface area contributed by atoms with E-state index in [9.17, 15) is 22.4 Å². The number of ether oxygens (including phenoxy) is 1. The van der Waals surface area contributed by atoms with Crippen LogP contribution in [0.5, 0.6) is 0 Å². The molecule has 1 atom stereocenters. The molecule has 0 aliphatic heterocycles. The summed E-state index contributed by atoms with van der Waals surface area (Å²) in [6.07, 6.45) is -4.68. The average Bonchev–Trinajstić information content (AvgIpc) is 2.60. The summed E-state index contributed by atoms with van der Waals surface area (Å²) in [5, 5.41) is 2.45. The Morgan fingerprint density at radius 3 is 2.52 bits per heavy atom. The summed E-state index contributed by atoms with van der Waals surface area (Å²) in [6, 6.07) is 5.46. The molecule has 1 aromatic heterocycles. The molecule has 2 aromatic rings. The smallest absolute Gasteiger partial charge is 0.383 e. The fraction of sp³-hybridized carbons (Fsp3) is 0.353. The number of methoxy groups -OCH3 is 1. The van der Waals surface area contributed by atoms with Crippen LogP contribution in [0.3, 0.4) is 0 Å². The highest BCUT2D eigenvalue weighted by Gasteiger charge is 2.34. The zero-order chi connectivity index (χ0) is 20.0. The van der Waals surface area contributed by atoms with Crippen molar-refractivity contribution in [2.24, 2.45) is 0 Å². The number of hydrogen-bond acceptors (Lipinski definition) is 5. The first-order chi connectivity index (χ1) is 12.7. The van der Waals surface area contributed by atoms with Crippen LogP contribution >= 0.6 is 11.8 Å². The molecule has 0 fully saturated rings. The van der Waals surface area contributed by atoms with Crippen LogP contribution in [0, 0.1) is 5.82 Å². The molecule has 27 heavy (non-hydrogen) atoms. The van der Waals surface area contributed by atoms with E-state index >= 15 is 0 Å². The van der Waals surface area contributed by atoms with Crippen LogP contribution in [-0.4, -0.2) is 41.4 Å². The number of alkyl halides is 3. The predicted octanol–water partition coefficient (Wildman–Crippen LogP) is 3.54. The Kier molecular flexibility index (Phi) is 7.14. The quantitative estimate of drug-likeness (QED) is 0.435. The highest BCUT2D eigenvalue weighted by atomic mass is 32.2. The predicted molar refractivity (Wildman–Crippen MR) is 92.6 cm³/mol. The van der Waals surface area contributed by atoms with Gasteiger partial charge >= 0.3 is 6.18 Å². The van der Waals surface area contributed by atoms with Gasteiger partial charge in [0.05, 0.1) is 18.1 Å². The van der Waals surface area contributed by atoms with Crippen LogP contribution in [-0.2, 0) is 15.7 Å². The van der Waals surface area contributed by atoms with E-state index in [0.717, 1.165) is 30.0 Å². The standard InChI is InChI=1S/C17H17F4N3O2S/c1-10(8-26-2)22-15(25)9-27-16-23-13(7-14(24-16)17(19,20)21)11-3-5-12(18)6-4-11/h3-7,10H,8-9H2,1-2H3,(H,22,25). The molecule has 1 heterocycles. The van der Waals surface area contributed by atoms with Crippen LogP contribution in [0.1, 0.15) is 12.6 Å². The van der Waals surface area contributed by atoms with Crippen molar-refractivity contribution in [1.29, 1.82) is 0 Å². The second kappa shape index (κ2) is 9.14. The molecule has 5 nitrogen and oxygen atoms in total. The molecule has 0 radical (unpaired) electrons. The average molecular weight is 403 g/mol. The molecule has 146 valence electrons. The number of hydrogen-bond donors (Lipinski definition) is 1. The van der Waals surface area contributed by atoms with Gasteiger partial charge in [0.2, 0.25) is 5.91 Å². The van der Waals surface area contributed by atoms with E-state index in [4.69, 9.17) is 4.74 Å². The number of rotatable bonds is 7. The number of benzene rings is 1. The summed E-state index contributed by atoms with van der Waals surface area (Å²) in [5.41, 5.74) is -0.829. The van der Waals surface area contributed by atoms with Crippen LogP contribution < -0.4 is 5.32 Å². The van der Waals surface area contributed by atoms with Gasteiger partial charge in [-0.15, -0.1) is 0 Å². The summed E-state index contributed by atoms with van der Waals surface area (Å²) in [4.78, 5) is 19.4. The fourth-order valence-corrected chi connectivity index (χ4v) is 2.81. The number of amides is 1. The van der Waals surface area contributed by atoms with Crippen molar-refractivity contribution in [2.45, 2.75) is 24.3 Å². The molecule has 1 N–H and O–H groups in total. The van der Waals surface area contributed by atoms with Gasteiger partial charge in [0.1, 0.15) is 11.5 Å². The Labute approximate surface area is 157 Å². The number of carbonyl (C=O) groups excluding carboxylic acids is 1. The second-order valence-electron chi connectivity index (χ2n) is 5.64. The minimum atomic E-state index is -4.68. The van der Waals surface area contributed by atoms with E-state index in [0.29, 0.717) is 12.2 Å². The summed E-state index contributed by atoms with van der Waals surface area (Å²) in [5.74, 6) is -1.05. The van der Waals surface area contributed by atoms with Crippen LogP contribution in [0.2, 0.25) is 0 Å². The number of nitrogens with zero attached hydrogens (tertiary/aromatic N) is 2. The highest BCUT2D eigenvalue weighted by molar-refractivity contribution is 7.99. The molecule has 1 aromatic carbocycles. The Morgan fingerprint density at radius 2 is 1.93 bits per heavy atom. The lowest BCUT2D eigenvalue weighted by Crippen LogP contribution is -2.36. The lowest BCUT2D eigenvalue weighted by molar-refractivity contribution is -0.141. The minimum absolute atomic E-state index is 0.00650. The summed E-state index contributed by atoms with van der Waals surface area (Å²) in [6.45, 7) is 2.05. The van der Waals surface area contributed by atoms with Gasteiger partial charge in [-0.05, 0) is 37.3 Å². The first kappa shape index (κ1) is 21.1. The molecule has 0 spiro atoms. The van der Waals surface area contributed by atoms with E-state index in [1.54, 1.807) is 6.92 Å². The molecule has 0 aliphatic carbocycles. The maximum absolute atomic E-state index is 13.1. The molecule has 10 heteroatoms. The maximum Gasteiger partial charge on any atom is 0.433 e. The first-order valence-corrected chi connectivity index (χ1v) is 8.81. The van der Waals surface area contributed by atoms with Crippen LogP contribution in [0.15, 0.2) is 35.5 Å². The van der Waals surface area contributed by atoms with Gasteiger partial charge in [0.25, 0.3) is 0 Å². The van der Waals surface area contributed by atoms with Crippen molar-refractivity contribution in [2.75, 3.05) is 19.5 Å². The van der Waals surface area contributed by atoms with Gasteiger partial charge in [0, 0.05) is 18.7 Å². The molecule has 0 saturated carbocycles. The number of carbonyl (C=O) groups is 1. The van der Waals surface area contributed by atoms with Gasteiger partial charge in [0.15, 0.2) is 5.16 Å². The first-order valence-electron chi connectivity index (χ1n) is 7.82. The topological polar surface area (TPSA) is 64.1 Å². The number of halogens is 4. The SMILES string of the molecule is COCC(C)NC(=O)CSc1nc(-c2ccc(F)cc2)cc(C(F)(F)F)n1. The van der Waals surface area contributed by atoms with E-state index in [2.05, 4.69) is 15.3 Å². The summed E-state index contributed by atoms with van der Waals surface area (Å²) >= 11 is 0.782. The third-order valence-electron chi connectivity index (χ3n) is 3.29. The normalized spacial score (nSPS) is 12.7. The van der Waals surface area contributed by atoms with Gasteiger partial charge in [-0.1, -0.05) is 11.8 Å². The minimum Gasteiger partial charge on any atom is -0.383 e. The molecule has 2 rings (SSSR count). The lowest BCUT2D eigenvalue weighted by atomic mass is 10.1. The van der Waals surface area contributed by atoms with Crippen molar-refractivity contribution in [3.63, 3.8) is 0 Å². The highest BCUT2D eigenvalue weighted by Crippen LogP contribution is 2.32. The number of thioether (sulfide) groups is 1. The maximum atomic E-state index is 13.1. The molecule has 0 saturated heterocycles. The second-order valence-corrected chi connectivity index (χ2v) is 6.58. The Morgan fingerprint density at radius 1 is 1.26 bits per heavy atom. The largest absolute Gasteiger partial charge is 0.433 e. The third kappa shape index (κ3) is 6.47. The molecular formula is C17H17F4N3O2S. The molecule has 1 unspecified atom stereocenters. The van der Waals surface area contributed by atoms with Gasteiger partial charge in [-0.3, -0.25) is 4.79 Å². The molecule has 1 amide bonds. The van der Waals surface area contributed by atoms with Crippen LogP contribution in [0.25, 0.3) is 11.3 Å². The van der Waals surface area contributed by atoms with Gasteiger partial charge < -0.3 is 10.1 Å². The van der Waals surface area contributed by atoms with Crippen molar-refractivity contribution in [3.8, 4) is 11.3 Å². The van der Waals surface area contributed by atoms with E-state index < -0.39 is 17.7 Å².